The first-order valence-corrected chi connectivity index (χ1v) is 10.00. The van der Waals surface area contributed by atoms with Gasteiger partial charge in [-0.3, -0.25) is 0 Å². The van der Waals surface area contributed by atoms with Crippen LogP contribution in [0.15, 0.2) is 66.7 Å². The molecule has 1 atom stereocenters. The van der Waals surface area contributed by atoms with E-state index >= 15 is 0 Å². The summed E-state index contributed by atoms with van der Waals surface area (Å²) in [5.74, 6) is -0.785. The second-order valence-corrected chi connectivity index (χ2v) is 7.40. The molecule has 0 bridgehead atoms. The minimum absolute atomic E-state index is 0.0722. The second kappa shape index (κ2) is 8.62. The highest BCUT2D eigenvalue weighted by molar-refractivity contribution is 5.94. The van der Waals surface area contributed by atoms with Crippen LogP contribution >= 0.6 is 0 Å². The molecule has 1 aliphatic rings. The van der Waals surface area contributed by atoms with Crippen molar-refractivity contribution in [1.82, 2.24) is 0 Å². The zero-order valence-corrected chi connectivity index (χ0v) is 17.3. The van der Waals surface area contributed by atoms with Gasteiger partial charge in [0.05, 0.1) is 7.11 Å². The molecule has 0 saturated heterocycles. The minimum Gasteiger partial charge on any atom is -0.497 e. The van der Waals surface area contributed by atoms with Crippen molar-refractivity contribution in [2.24, 2.45) is 5.73 Å². The maximum absolute atomic E-state index is 13.0. The van der Waals surface area contributed by atoms with E-state index in [0.717, 1.165) is 22.3 Å². The van der Waals surface area contributed by atoms with Gasteiger partial charge < -0.3 is 19.9 Å². The summed E-state index contributed by atoms with van der Waals surface area (Å²) >= 11 is 0. The Morgan fingerprint density at radius 1 is 0.968 bits per heavy atom. The highest BCUT2D eigenvalue weighted by atomic mass is 16.5. The molecule has 0 saturated carbocycles. The molecule has 6 heteroatoms. The first kappa shape index (κ1) is 20.6. The molecule has 0 spiro atoms. The van der Waals surface area contributed by atoms with Crippen LogP contribution in [-0.4, -0.2) is 31.7 Å². The zero-order chi connectivity index (χ0) is 22.0. The van der Waals surface area contributed by atoms with Crippen LogP contribution < -0.4 is 15.2 Å². The summed E-state index contributed by atoms with van der Waals surface area (Å²) in [6.07, 6.45) is 0. The summed E-state index contributed by atoms with van der Waals surface area (Å²) in [6, 6.07) is 20.0. The van der Waals surface area contributed by atoms with Crippen LogP contribution in [0.1, 0.15) is 34.3 Å². The number of methoxy groups -OCH3 is 1. The number of hydrogen-bond donors (Lipinski definition) is 1. The smallest absolute Gasteiger partial charge is 0.342 e. The number of hydrogen-bond acceptors (Lipinski definition) is 6. The van der Waals surface area contributed by atoms with Gasteiger partial charge in [0.2, 0.25) is 0 Å². The van der Waals surface area contributed by atoms with Crippen LogP contribution in [0.25, 0.3) is 11.1 Å². The Morgan fingerprint density at radius 2 is 1.58 bits per heavy atom. The third kappa shape index (κ3) is 4.02. The molecule has 0 radical (unpaired) electrons. The van der Waals surface area contributed by atoms with E-state index in [1.165, 1.54) is 26.2 Å². The van der Waals surface area contributed by atoms with Gasteiger partial charge in [-0.15, -0.1) is 0 Å². The summed E-state index contributed by atoms with van der Waals surface area (Å²) in [5.41, 5.74) is 10.2. The average Bonchev–Trinajstić information content (AvgIpc) is 3.11. The Hall–Kier alpha value is -3.64. The van der Waals surface area contributed by atoms with Gasteiger partial charge in [-0.1, -0.05) is 48.5 Å². The van der Waals surface area contributed by atoms with Crippen molar-refractivity contribution in [3.63, 3.8) is 0 Å². The molecule has 3 aromatic rings. The summed E-state index contributed by atoms with van der Waals surface area (Å²) < 4.78 is 16.2. The Balaban J connectivity index is 1.59. The van der Waals surface area contributed by atoms with Crippen LogP contribution in [-0.2, 0) is 9.53 Å². The van der Waals surface area contributed by atoms with Crippen LogP contribution in [0, 0.1) is 0 Å². The predicted molar refractivity (Wildman–Crippen MR) is 116 cm³/mol. The normalized spacial score (nSPS) is 13.1. The van der Waals surface area contributed by atoms with Crippen molar-refractivity contribution in [1.29, 1.82) is 0 Å². The molecule has 0 aromatic heterocycles. The van der Waals surface area contributed by atoms with E-state index in [4.69, 9.17) is 19.9 Å². The average molecular weight is 417 g/mol. The summed E-state index contributed by atoms with van der Waals surface area (Å²) in [6.45, 7) is 1.67. The highest BCUT2D eigenvalue weighted by Gasteiger charge is 2.29. The standard InChI is InChI=1S/C25H23NO5/c1-15(26)24(27)31-23-12-11-16(29-2)13-21(23)25(28)30-14-22-19-9-5-3-7-17(19)18-8-4-6-10-20(18)22/h3-13,15,22H,14,26H2,1-2H3/t15-/m0/s1. The number of carbonyl (C=O) groups excluding carboxylic acids is 2. The predicted octanol–water partition coefficient (Wildman–Crippen LogP) is 3.92. The van der Waals surface area contributed by atoms with E-state index in [1.807, 2.05) is 24.3 Å². The number of benzene rings is 3. The fourth-order valence-electron chi connectivity index (χ4n) is 3.76. The van der Waals surface area contributed by atoms with E-state index in [9.17, 15) is 9.59 Å². The number of ether oxygens (including phenoxy) is 3. The van der Waals surface area contributed by atoms with Crippen molar-refractivity contribution in [3.05, 3.63) is 83.4 Å². The lowest BCUT2D eigenvalue weighted by atomic mass is 9.98. The molecule has 0 amide bonds. The van der Waals surface area contributed by atoms with Crippen LogP contribution in [0.2, 0.25) is 0 Å². The summed E-state index contributed by atoms with van der Waals surface area (Å²) in [7, 11) is 1.49. The van der Waals surface area contributed by atoms with Crippen molar-refractivity contribution < 1.29 is 23.8 Å². The second-order valence-electron chi connectivity index (χ2n) is 7.40. The molecule has 1 aliphatic carbocycles. The maximum atomic E-state index is 13.0. The van der Waals surface area contributed by atoms with Gasteiger partial charge in [0, 0.05) is 5.92 Å². The minimum atomic E-state index is -0.822. The molecule has 2 N–H and O–H groups in total. The molecule has 0 unspecified atom stereocenters. The van der Waals surface area contributed by atoms with E-state index in [0.29, 0.717) is 5.75 Å². The topological polar surface area (TPSA) is 87.9 Å². The number of fused-ring (bicyclic) bond motifs is 3. The van der Waals surface area contributed by atoms with Crippen molar-refractivity contribution >= 4 is 11.9 Å². The number of nitrogens with two attached hydrogens (primary N) is 1. The quantitative estimate of drug-likeness (QED) is 0.483. The largest absolute Gasteiger partial charge is 0.497 e. The molecule has 0 aliphatic heterocycles. The fourth-order valence-corrected chi connectivity index (χ4v) is 3.76. The molecular formula is C25H23NO5. The van der Waals surface area contributed by atoms with E-state index in [2.05, 4.69) is 24.3 Å². The molecule has 0 fully saturated rings. The third-order valence-corrected chi connectivity index (χ3v) is 5.33. The van der Waals surface area contributed by atoms with Crippen molar-refractivity contribution in [2.75, 3.05) is 13.7 Å². The molecule has 6 nitrogen and oxygen atoms in total. The van der Waals surface area contributed by atoms with Crippen LogP contribution in [0.5, 0.6) is 11.5 Å². The maximum Gasteiger partial charge on any atom is 0.342 e. The van der Waals surface area contributed by atoms with Gasteiger partial charge in [-0.05, 0) is 47.4 Å². The summed E-state index contributed by atoms with van der Waals surface area (Å²) in [5, 5.41) is 0. The first-order chi connectivity index (χ1) is 15.0. The Bertz CT molecular complexity index is 1090. The van der Waals surface area contributed by atoms with E-state index in [-0.39, 0.29) is 23.8 Å². The van der Waals surface area contributed by atoms with Crippen molar-refractivity contribution in [2.45, 2.75) is 18.9 Å². The lowest BCUT2D eigenvalue weighted by molar-refractivity contribution is -0.135. The Labute approximate surface area is 180 Å². The van der Waals surface area contributed by atoms with Gasteiger partial charge in [0.1, 0.15) is 29.7 Å². The number of esters is 2. The van der Waals surface area contributed by atoms with Crippen LogP contribution in [0.4, 0.5) is 0 Å². The molecule has 3 aromatic carbocycles. The third-order valence-electron chi connectivity index (χ3n) is 5.33. The molecule has 4 rings (SSSR count). The molecule has 158 valence electrons. The van der Waals surface area contributed by atoms with Gasteiger partial charge in [0.15, 0.2) is 0 Å². The monoisotopic (exact) mass is 417 g/mol. The number of carbonyl (C=O) groups is 2. The van der Waals surface area contributed by atoms with Gasteiger partial charge in [0.25, 0.3) is 0 Å². The zero-order valence-electron chi connectivity index (χ0n) is 17.3. The molecule has 0 heterocycles. The lowest BCUT2D eigenvalue weighted by Gasteiger charge is -2.16. The number of rotatable bonds is 6. The van der Waals surface area contributed by atoms with Gasteiger partial charge >= 0.3 is 11.9 Å². The van der Waals surface area contributed by atoms with Gasteiger partial charge in [-0.2, -0.15) is 0 Å². The highest BCUT2D eigenvalue weighted by Crippen LogP contribution is 2.44. The summed E-state index contributed by atoms with van der Waals surface area (Å²) in [4.78, 5) is 24.9. The Kier molecular flexibility index (Phi) is 5.73. The van der Waals surface area contributed by atoms with Crippen molar-refractivity contribution in [3.8, 4) is 22.6 Å². The molecular weight excluding hydrogens is 394 g/mol. The molecule has 31 heavy (non-hydrogen) atoms. The van der Waals surface area contributed by atoms with E-state index in [1.54, 1.807) is 6.07 Å². The Morgan fingerprint density at radius 3 is 2.16 bits per heavy atom. The van der Waals surface area contributed by atoms with Gasteiger partial charge in [-0.25, -0.2) is 9.59 Å². The first-order valence-electron chi connectivity index (χ1n) is 10.00. The van der Waals surface area contributed by atoms with Crippen LogP contribution in [0.3, 0.4) is 0 Å². The van der Waals surface area contributed by atoms with E-state index < -0.39 is 18.0 Å². The lowest BCUT2D eigenvalue weighted by Crippen LogP contribution is -2.31. The SMILES string of the molecule is COc1ccc(OC(=O)[C@H](C)N)c(C(=O)OCC2c3ccccc3-c3ccccc32)c1. The fraction of sp³-hybridized carbons (Fsp3) is 0.200.